The molecule has 0 unspecified atom stereocenters. The van der Waals surface area contributed by atoms with E-state index < -0.39 is 109 Å². The molecule has 1 aromatic carbocycles. The Morgan fingerprint density at radius 2 is 1.50 bits per heavy atom. The molecule has 0 spiro atoms. The minimum Gasteiger partial charge on any atom is -0.481 e. The van der Waals surface area contributed by atoms with Gasteiger partial charge >= 0.3 is 19.1 Å². The van der Waals surface area contributed by atoms with Crippen LogP contribution in [0.1, 0.15) is 111 Å². The smallest absolute Gasteiger partial charge is 0.481 e. The third-order valence-corrected chi connectivity index (χ3v) is 13.8. The minimum absolute atomic E-state index is 0.0843. The number of aliphatic carboxylic acids is 2. The van der Waals surface area contributed by atoms with Gasteiger partial charge < -0.3 is 51.4 Å². The molecule has 2 bridgehead atoms. The molecular weight excluding hydrogens is 799 g/mol. The van der Waals surface area contributed by atoms with Crippen molar-refractivity contribution in [2.24, 2.45) is 34.8 Å². The molecular formula is C44H67BN6O11. The van der Waals surface area contributed by atoms with Crippen molar-refractivity contribution in [2.75, 3.05) is 6.54 Å². The summed E-state index contributed by atoms with van der Waals surface area (Å²) < 4.78 is 13.5. The van der Waals surface area contributed by atoms with E-state index in [0.717, 1.165) is 24.0 Å². The van der Waals surface area contributed by atoms with Crippen molar-refractivity contribution >= 4 is 48.6 Å². The van der Waals surface area contributed by atoms with Gasteiger partial charge in [0.25, 0.3) is 0 Å². The number of likely N-dealkylation sites (tertiary alicyclic amines) is 1. The van der Waals surface area contributed by atoms with Crippen LogP contribution in [0.5, 0.6) is 0 Å². The molecule has 342 valence electrons. The zero-order valence-corrected chi connectivity index (χ0v) is 37.4. The van der Waals surface area contributed by atoms with E-state index in [1.165, 1.54) is 4.90 Å². The van der Waals surface area contributed by atoms with Crippen LogP contribution in [-0.4, -0.2) is 118 Å². The van der Waals surface area contributed by atoms with E-state index in [1.54, 1.807) is 27.7 Å². The third-order valence-electron chi connectivity index (χ3n) is 13.8. The molecule has 5 aliphatic rings. The number of carbonyl (C=O) groups excluding carboxylic acids is 5. The number of carboxylic acids is 2. The molecule has 8 N–H and O–H groups in total. The van der Waals surface area contributed by atoms with Crippen molar-refractivity contribution < 1.29 is 53.1 Å². The molecule has 62 heavy (non-hydrogen) atoms. The van der Waals surface area contributed by atoms with Crippen LogP contribution in [0.15, 0.2) is 24.3 Å². The average molecular weight is 867 g/mol. The number of amides is 5. The number of carboxylic acid groups (broad SMARTS) is 2. The summed E-state index contributed by atoms with van der Waals surface area (Å²) in [7, 11) is -0.676. The second-order valence-electron chi connectivity index (χ2n) is 19.3. The zero-order valence-electron chi connectivity index (χ0n) is 37.4. The van der Waals surface area contributed by atoms with Gasteiger partial charge in [0.05, 0.1) is 30.1 Å². The van der Waals surface area contributed by atoms with Crippen molar-refractivity contribution in [3.05, 3.63) is 35.4 Å². The predicted octanol–water partition coefficient (Wildman–Crippen LogP) is 2.10. The van der Waals surface area contributed by atoms with Crippen LogP contribution in [0, 0.1) is 36.0 Å². The monoisotopic (exact) mass is 866 g/mol. The third kappa shape index (κ3) is 11.0. The average Bonchev–Trinajstić information content (AvgIpc) is 3.83. The molecule has 0 radical (unpaired) electrons. The highest BCUT2D eigenvalue weighted by molar-refractivity contribution is 6.48. The highest BCUT2D eigenvalue weighted by atomic mass is 16.7. The van der Waals surface area contributed by atoms with E-state index >= 15 is 0 Å². The first kappa shape index (κ1) is 48.5. The van der Waals surface area contributed by atoms with E-state index in [4.69, 9.17) is 20.1 Å². The molecule has 10 atom stereocenters. The summed E-state index contributed by atoms with van der Waals surface area (Å²) in [5, 5.41) is 29.2. The van der Waals surface area contributed by atoms with Crippen molar-refractivity contribution in [2.45, 2.75) is 161 Å². The topological polar surface area (TPSA) is 256 Å². The first-order valence-corrected chi connectivity index (χ1v) is 22.1. The van der Waals surface area contributed by atoms with Gasteiger partial charge in [0.1, 0.15) is 24.2 Å². The lowest BCUT2D eigenvalue weighted by atomic mass is 9.43. The molecule has 5 amide bonds. The molecule has 5 fully saturated rings. The molecule has 2 saturated heterocycles. The maximum absolute atomic E-state index is 14.4. The Morgan fingerprint density at radius 3 is 2.10 bits per heavy atom. The number of hydrogen-bond acceptors (Lipinski definition) is 10. The van der Waals surface area contributed by atoms with E-state index in [9.17, 15) is 38.7 Å². The van der Waals surface area contributed by atoms with Crippen LogP contribution in [0.25, 0.3) is 0 Å². The van der Waals surface area contributed by atoms with Crippen molar-refractivity contribution in [3.8, 4) is 0 Å². The maximum Gasteiger partial charge on any atom is 0.481 e. The zero-order chi connectivity index (χ0) is 45.8. The SMILES string of the molecule is Cc1ccc(CC[C@H](NC(=O)[C@@H]2CCCN2C(=O)[C@@H](NC(=O)[C@@H](NC(=O)[C@H](CCC(=O)O)NC(=O)[C@@H](N)CC(=O)O)C(C)C)C(C)C)B2O[C@@H]3C[C@@H]4C[C@H](C4(C)C)[C@]3(C)O2)cc1. The predicted molar refractivity (Wildman–Crippen MR) is 229 cm³/mol. The number of rotatable bonds is 20. The van der Waals surface area contributed by atoms with Gasteiger partial charge in [0.15, 0.2) is 0 Å². The first-order chi connectivity index (χ1) is 29.0. The molecule has 3 saturated carbocycles. The number of nitrogens with one attached hydrogen (secondary N) is 4. The van der Waals surface area contributed by atoms with Crippen LogP contribution in [0.3, 0.4) is 0 Å². The summed E-state index contributed by atoms with van der Waals surface area (Å²) in [6.45, 7) is 15.9. The molecule has 2 aliphatic heterocycles. The van der Waals surface area contributed by atoms with Gasteiger partial charge in [-0.2, -0.15) is 0 Å². The number of benzene rings is 1. The molecule has 3 aliphatic carbocycles. The van der Waals surface area contributed by atoms with Gasteiger partial charge in [-0.25, -0.2) is 0 Å². The standard InChI is InChI=1S/C44H67BN6O11/c1-23(2)36(49-39(57)29(16-18-34(52)53)47-38(56)28(46)22-35(54)55)41(59)50-37(24(3)4)42(60)51-19-9-10-30(51)40(58)48-33(17-15-26-13-11-25(5)12-14-26)45-61-32-21-27-20-31(43(27,6)7)44(32,8)62-45/h11-14,23-24,27-33,36-37H,9-10,15-22,46H2,1-8H3,(H,47,56)(H,48,58)(H,49,57)(H,50,59)(H,52,53)(H,54,55)/t27-,28-,29-,30-,31+,32+,33-,36-,37-,44-/m0/s1. The summed E-state index contributed by atoms with van der Waals surface area (Å²) in [5.74, 6) is -6.52. The highest BCUT2D eigenvalue weighted by Gasteiger charge is 2.68. The Kier molecular flexibility index (Phi) is 15.5. The van der Waals surface area contributed by atoms with E-state index in [-0.39, 0.29) is 30.4 Å². The Balaban J connectivity index is 1.28. The molecule has 18 heteroatoms. The quantitative estimate of drug-likeness (QED) is 0.0931. The lowest BCUT2D eigenvalue weighted by Crippen LogP contribution is -2.65. The number of carbonyl (C=O) groups is 7. The summed E-state index contributed by atoms with van der Waals surface area (Å²) in [6.07, 6.45) is 2.48. The van der Waals surface area contributed by atoms with Crippen LogP contribution in [-0.2, 0) is 49.3 Å². The van der Waals surface area contributed by atoms with Gasteiger partial charge in [-0.1, -0.05) is 71.4 Å². The number of hydrogen-bond donors (Lipinski definition) is 7. The first-order valence-electron chi connectivity index (χ1n) is 22.1. The van der Waals surface area contributed by atoms with E-state index in [1.807, 2.05) is 6.92 Å². The number of nitrogens with zero attached hydrogens (tertiary/aromatic N) is 1. The minimum atomic E-state index is -1.51. The van der Waals surface area contributed by atoms with E-state index in [2.05, 4.69) is 66.3 Å². The Morgan fingerprint density at radius 1 is 0.855 bits per heavy atom. The largest absolute Gasteiger partial charge is 0.481 e. The van der Waals surface area contributed by atoms with Crippen LogP contribution < -0.4 is 27.0 Å². The molecule has 1 aromatic rings. The maximum atomic E-state index is 14.4. The van der Waals surface area contributed by atoms with Gasteiger partial charge in [0, 0.05) is 13.0 Å². The van der Waals surface area contributed by atoms with Gasteiger partial charge in [0.2, 0.25) is 29.5 Å². The van der Waals surface area contributed by atoms with E-state index in [0.29, 0.717) is 37.5 Å². The molecule has 6 rings (SSSR count). The van der Waals surface area contributed by atoms with Gasteiger partial charge in [-0.3, -0.25) is 33.6 Å². The Labute approximate surface area is 364 Å². The number of aryl methyl sites for hydroxylation is 2. The van der Waals surface area contributed by atoms with Crippen LogP contribution in [0.2, 0.25) is 0 Å². The van der Waals surface area contributed by atoms with Crippen molar-refractivity contribution in [3.63, 3.8) is 0 Å². The van der Waals surface area contributed by atoms with Crippen LogP contribution >= 0.6 is 0 Å². The summed E-state index contributed by atoms with van der Waals surface area (Å²) >= 11 is 0. The molecule has 17 nitrogen and oxygen atoms in total. The summed E-state index contributed by atoms with van der Waals surface area (Å²) in [5.41, 5.74) is 7.59. The van der Waals surface area contributed by atoms with Gasteiger partial charge in [-0.15, -0.1) is 0 Å². The molecule has 2 heterocycles. The van der Waals surface area contributed by atoms with Gasteiger partial charge in [-0.05, 0) is 93.4 Å². The summed E-state index contributed by atoms with van der Waals surface area (Å²) in [6, 6.07) is 2.18. The van der Waals surface area contributed by atoms with Crippen molar-refractivity contribution in [1.29, 1.82) is 0 Å². The lowest BCUT2D eigenvalue weighted by molar-refractivity contribution is -0.199. The normalized spacial score (nSPS) is 26.0. The second kappa shape index (κ2) is 19.9. The lowest BCUT2D eigenvalue weighted by Gasteiger charge is -2.64. The fourth-order valence-electron chi connectivity index (χ4n) is 9.83. The summed E-state index contributed by atoms with van der Waals surface area (Å²) in [4.78, 5) is 92.8. The van der Waals surface area contributed by atoms with Crippen molar-refractivity contribution in [1.82, 2.24) is 26.2 Å². The highest BCUT2D eigenvalue weighted by Crippen LogP contribution is 2.65. The Hall–Kier alpha value is -4.55. The Bertz CT molecular complexity index is 1840. The fraction of sp³-hybridized carbons (Fsp3) is 0.705. The molecule has 0 aromatic heterocycles. The number of nitrogens with two attached hydrogens (primary N) is 1. The fourth-order valence-corrected chi connectivity index (χ4v) is 9.83. The van der Waals surface area contributed by atoms with Crippen LogP contribution in [0.4, 0.5) is 0 Å². The second-order valence-corrected chi connectivity index (χ2v) is 19.3.